The van der Waals surface area contributed by atoms with E-state index in [1.54, 1.807) is 14.2 Å². The molecule has 1 fully saturated rings. The minimum Gasteiger partial charge on any atom is -0.497 e. The summed E-state index contributed by atoms with van der Waals surface area (Å²) >= 11 is 0. The molecule has 1 atom stereocenters. The highest BCUT2D eigenvalue weighted by Gasteiger charge is 2.32. The summed E-state index contributed by atoms with van der Waals surface area (Å²) in [6, 6.07) is 11.6. The molecule has 5 heteroatoms. The molecule has 0 radical (unpaired) electrons. The van der Waals surface area contributed by atoms with Crippen LogP contribution < -0.4 is 14.2 Å². The van der Waals surface area contributed by atoms with E-state index in [4.69, 9.17) is 14.2 Å². The maximum absolute atomic E-state index is 12.8. The smallest absolute Gasteiger partial charge is 0.261 e. The van der Waals surface area contributed by atoms with E-state index in [2.05, 4.69) is 6.92 Å². The summed E-state index contributed by atoms with van der Waals surface area (Å²) in [7, 11) is 3.29. The molecule has 0 bridgehead atoms. The number of benzene rings is 2. The molecule has 0 aliphatic carbocycles. The van der Waals surface area contributed by atoms with Crippen LogP contribution in [0.3, 0.4) is 0 Å². The minimum atomic E-state index is -0.0223. The Morgan fingerprint density at radius 1 is 1.04 bits per heavy atom. The second kappa shape index (κ2) is 8.33. The summed E-state index contributed by atoms with van der Waals surface area (Å²) in [6.45, 7) is 4.85. The van der Waals surface area contributed by atoms with Crippen molar-refractivity contribution in [2.75, 3.05) is 27.4 Å². The van der Waals surface area contributed by atoms with Crippen molar-refractivity contribution in [2.24, 2.45) is 0 Å². The Kier molecular flexibility index (Phi) is 5.89. The maximum Gasteiger partial charge on any atom is 0.261 e. The summed E-state index contributed by atoms with van der Waals surface area (Å²) in [5.41, 5.74) is 3.34. The quantitative estimate of drug-likeness (QED) is 0.770. The Hall–Kier alpha value is -2.69. The van der Waals surface area contributed by atoms with E-state index in [1.807, 2.05) is 48.2 Å². The molecule has 2 aromatic carbocycles. The van der Waals surface area contributed by atoms with Gasteiger partial charge in [0.15, 0.2) is 6.61 Å². The lowest BCUT2D eigenvalue weighted by atomic mass is 10.0. The number of carbonyl (C=O) groups is 1. The summed E-state index contributed by atoms with van der Waals surface area (Å²) in [5, 5.41) is 0. The zero-order valence-electron chi connectivity index (χ0n) is 16.5. The molecule has 0 saturated carbocycles. The molecule has 27 heavy (non-hydrogen) atoms. The Bertz CT molecular complexity index is 818. The summed E-state index contributed by atoms with van der Waals surface area (Å²) in [6.07, 6.45) is 1.86. The number of aryl methyl sites for hydroxylation is 2. The molecule has 2 aromatic rings. The fourth-order valence-electron chi connectivity index (χ4n) is 3.52. The van der Waals surface area contributed by atoms with Gasteiger partial charge in [-0.3, -0.25) is 4.79 Å². The van der Waals surface area contributed by atoms with Crippen molar-refractivity contribution in [2.45, 2.75) is 32.7 Å². The zero-order valence-corrected chi connectivity index (χ0v) is 16.5. The standard InChI is InChI=1S/C22H27NO4/c1-15-7-8-18(12-16(15)2)27-14-22(24)23-11-5-6-20(23)19-13-17(25-3)9-10-21(19)26-4/h7-10,12-13,20H,5-6,11,14H2,1-4H3. The molecule has 1 unspecified atom stereocenters. The topological polar surface area (TPSA) is 48.0 Å². The molecule has 0 aromatic heterocycles. The third-order valence-corrected chi connectivity index (χ3v) is 5.21. The number of methoxy groups -OCH3 is 2. The first-order valence-corrected chi connectivity index (χ1v) is 9.25. The summed E-state index contributed by atoms with van der Waals surface area (Å²) < 4.78 is 16.6. The maximum atomic E-state index is 12.8. The predicted octanol–water partition coefficient (Wildman–Crippen LogP) is 4.06. The Balaban J connectivity index is 1.74. The molecular formula is C22H27NO4. The van der Waals surface area contributed by atoms with Crippen LogP contribution in [0, 0.1) is 13.8 Å². The number of amides is 1. The first kappa shape index (κ1) is 19.1. The van der Waals surface area contributed by atoms with Gasteiger partial charge in [0.2, 0.25) is 0 Å². The molecule has 1 aliphatic heterocycles. The van der Waals surface area contributed by atoms with E-state index >= 15 is 0 Å². The van der Waals surface area contributed by atoms with Crippen LogP contribution in [0.25, 0.3) is 0 Å². The van der Waals surface area contributed by atoms with Gasteiger partial charge in [0, 0.05) is 12.1 Å². The number of ether oxygens (including phenoxy) is 3. The number of rotatable bonds is 6. The Labute approximate surface area is 160 Å². The Morgan fingerprint density at radius 2 is 1.81 bits per heavy atom. The van der Waals surface area contributed by atoms with E-state index in [9.17, 15) is 4.79 Å². The number of nitrogens with zero attached hydrogens (tertiary/aromatic N) is 1. The molecule has 1 saturated heterocycles. The van der Waals surface area contributed by atoms with Gasteiger partial charge in [-0.05, 0) is 68.1 Å². The summed E-state index contributed by atoms with van der Waals surface area (Å²) in [4.78, 5) is 14.7. The highest BCUT2D eigenvalue weighted by atomic mass is 16.5. The monoisotopic (exact) mass is 369 g/mol. The van der Waals surface area contributed by atoms with Gasteiger partial charge in [0.1, 0.15) is 17.2 Å². The van der Waals surface area contributed by atoms with Crippen LogP contribution >= 0.6 is 0 Å². The molecule has 5 nitrogen and oxygen atoms in total. The van der Waals surface area contributed by atoms with E-state index in [0.717, 1.165) is 47.8 Å². The van der Waals surface area contributed by atoms with Gasteiger partial charge in [0.25, 0.3) is 5.91 Å². The Morgan fingerprint density at radius 3 is 2.52 bits per heavy atom. The van der Waals surface area contributed by atoms with Crippen LogP contribution in [-0.4, -0.2) is 38.2 Å². The zero-order chi connectivity index (χ0) is 19.4. The van der Waals surface area contributed by atoms with E-state index in [-0.39, 0.29) is 18.6 Å². The van der Waals surface area contributed by atoms with Crippen molar-refractivity contribution in [1.29, 1.82) is 0 Å². The second-order valence-electron chi connectivity index (χ2n) is 6.89. The number of hydrogen-bond acceptors (Lipinski definition) is 4. The molecule has 0 N–H and O–H groups in total. The van der Waals surface area contributed by atoms with Crippen LogP contribution in [0.1, 0.15) is 35.6 Å². The van der Waals surface area contributed by atoms with Crippen molar-refractivity contribution >= 4 is 5.91 Å². The first-order chi connectivity index (χ1) is 13.0. The highest BCUT2D eigenvalue weighted by Crippen LogP contribution is 2.39. The number of carbonyl (C=O) groups excluding carboxylic acids is 1. The molecule has 1 heterocycles. The normalized spacial score (nSPS) is 16.3. The molecule has 144 valence electrons. The lowest BCUT2D eigenvalue weighted by Gasteiger charge is -2.26. The largest absolute Gasteiger partial charge is 0.497 e. The lowest BCUT2D eigenvalue weighted by molar-refractivity contribution is -0.134. The van der Waals surface area contributed by atoms with Gasteiger partial charge < -0.3 is 19.1 Å². The van der Waals surface area contributed by atoms with Crippen LogP contribution in [0.5, 0.6) is 17.2 Å². The number of likely N-dealkylation sites (tertiary alicyclic amines) is 1. The average molecular weight is 369 g/mol. The van der Waals surface area contributed by atoms with Crippen molar-refractivity contribution in [3.8, 4) is 17.2 Å². The predicted molar refractivity (Wildman–Crippen MR) is 105 cm³/mol. The van der Waals surface area contributed by atoms with Crippen molar-refractivity contribution in [3.05, 3.63) is 53.1 Å². The van der Waals surface area contributed by atoms with E-state index in [0.29, 0.717) is 0 Å². The van der Waals surface area contributed by atoms with Crippen LogP contribution in [0.15, 0.2) is 36.4 Å². The van der Waals surface area contributed by atoms with Crippen molar-refractivity contribution < 1.29 is 19.0 Å². The van der Waals surface area contributed by atoms with Gasteiger partial charge in [-0.25, -0.2) is 0 Å². The van der Waals surface area contributed by atoms with Crippen molar-refractivity contribution in [3.63, 3.8) is 0 Å². The van der Waals surface area contributed by atoms with Gasteiger partial charge in [-0.2, -0.15) is 0 Å². The SMILES string of the molecule is COc1ccc(OC)c(C2CCCN2C(=O)COc2ccc(C)c(C)c2)c1. The van der Waals surface area contributed by atoms with E-state index in [1.165, 1.54) is 5.56 Å². The first-order valence-electron chi connectivity index (χ1n) is 9.25. The van der Waals surface area contributed by atoms with Gasteiger partial charge in [0.05, 0.1) is 20.3 Å². The molecule has 0 spiro atoms. The second-order valence-corrected chi connectivity index (χ2v) is 6.89. The van der Waals surface area contributed by atoms with Crippen LogP contribution in [0.2, 0.25) is 0 Å². The molecule has 3 rings (SSSR count). The van der Waals surface area contributed by atoms with Gasteiger partial charge in [-0.15, -0.1) is 0 Å². The lowest BCUT2D eigenvalue weighted by Crippen LogP contribution is -2.34. The van der Waals surface area contributed by atoms with Gasteiger partial charge in [-0.1, -0.05) is 6.07 Å². The minimum absolute atomic E-state index is 0.0133. The van der Waals surface area contributed by atoms with Crippen molar-refractivity contribution in [1.82, 2.24) is 4.90 Å². The fraction of sp³-hybridized carbons (Fsp3) is 0.409. The molecule has 1 amide bonds. The van der Waals surface area contributed by atoms with E-state index < -0.39 is 0 Å². The third kappa shape index (κ3) is 4.18. The van der Waals surface area contributed by atoms with Crippen LogP contribution in [0.4, 0.5) is 0 Å². The molecular weight excluding hydrogens is 342 g/mol. The van der Waals surface area contributed by atoms with Crippen LogP contribution in [-0.2, 0) is 4.79 Å². The fourth-order valence-corrected chi connectivity index (χ4v) is 3.52. The molecule has 1 aliphatic rings. The summed E-state index contributed by atoms with van der Waals surface area (Å²) in [5.74, 6) is 2.24. The average Bonchev–Trinajstić information content (AvgIpc) is 3.17. The third-order valence-electron chi connectivity index (χ3n) is 5.21. The number of hydrogen-bond donors (Lipinski definition) is 0. The van der Waals surface area contributed by atoms with Gasteiger partial charge >= 0.3 is 0 Å². The highest BCUT2D eigenvalue weighted by molar-refractivity contribution is 5.78.